The highest BCUT2D eigenvalue weighted by Gasteiger charge is 2.21. The van der Waals surface area contributed by atoms with Gasteiger partial charge in [0.25, 0.3) is 0 Å². The van der Waals surface area contributed by atoms with E-state index in [1.807, 2.05) is 24.3 Å². The first-order valence-corrected chi connectivity index (χ1v) is 19.2. The van der Waals surface area contributed by atoms with Crippen LogP contribution in [-0.4, -0.2) is 19.5 Å². The summed E-state index contributed by atoms with van der Waals surface area (Å²) in [5, 5.41) is 0. The topological polar surface area (TPSA) is 57.6 Å². The van der Waals surface area contributed by atoms with E-state index in [4.69, 9.17) is 0 Å². The van der Waals surface area contributed by atoms with Gasteiger partial charge in [0.1, 0.15) is 0 Å². The highest BCUT2D eigenvalue weighted by Crippen LogP contribution is 2.26. The molecule has 0 aliphatic heterocycles. The Labute approximate surface area is 256 Å². The molecule has 0 amide bonds. The molecule has 0 bridgehead atoms. The van der Waals surface area contributed by atoms with Gasteiger partial charge >= 0.3 is 10.3 Å². The zero-order valence-electron chi connectivity index (χ0n) is 27.2. The van der Waals surface area contributed by atoms with Crippen LogP contribution in [0.1, 0.15) is 186 Å². The molecule has 0 aromatic heterocycles. The number of aryl methyl sites for hydroxylation is 1. The van der Waals surface area contributed by atoms with E-state index in [9.17, 15) is 13.0 Å². The molecule has 0 saturated carbocycles. The van der Waals surface area contributed by atoms with Crippen LogP contribution in [0, 0.1) is 0 Å². The summed E-state index contributed by atoms with van der Waals surface area (Å²) < 4.78 is 35.9. The fourth-order valence-electron chi connectivity index (χ4n) is 5.93. The Morgan fingerprint density at radius 3 is 1.24 bits per heavy atom. The quantitative estimate of drug-likeness (QED) is 0.0713. The van der Waals surface area contributed by atoms with Crippen molar-refractivity contribution in [3.63, 3.8) is 0 Å². The van der Waals surface area contributed by atoms with Crippen molar-refractivity contribution >= 4 is 16.0 Å². The summed E-state index contributed by atoms with van der Waals surface area (Å²) in [5.74, 6) is 0. The molecule has 1 N–H and O–H groups in total. The fraction of sp³-hybridized carbons (Fsp3) is 0.833. The largest absolute Gasteiger partial charge is 0.359 e. The van der Waals surface area contributed by atoms with Crippen molar-refractivity contribution in [1.82, 2.24) is 0 Å². The van der Waals surface area contributed by atoms with Gasteiger partial charge in [-0.15, -0.1) is 0 Å². The minimum Gasteiger partial charge on any atom is -0.269 e. The molecule has 0 unspecified atom stereocenters. The van der Waals surface area contributed by atoms with Crippen LogP contribution in [-0.2, 0) is 16.7 Å². The second-order valence-electron chi connectivity index (χ2n) is 12.4. The molecule has 0 radical (unpaired) electrons. The summed E-state index contributed by atoms with van der Waals surface area (Å²) >= 11 is 0. The Bertz CT molecular complexity index is 811. The average molecular weight is 594 g/mol. The lowest BCUT2D eigenvalue weighted by Crippen LogP contribution is -2.32. The average Bonchev–Trinajstić information content (AvgIpc) is 2.95. The van der Waals surface area contributed by atoms with Gasteiger partial charge in [0.2, 0.25) is 0 Å². The van der Waals surface area contributed by atoms with E-state index >= 15 is 0 Å². The van der Waals surface area contributed by atoms with E-state index in [-0.39, 0.29) is 0 Å². The second kappa shape index (κ2) is 26.5. The molecule has 240 valence electrons. The van der Waals surface area contributed by atoms with Gasteiger partial charge in [0.15, 0.2) is 0 Å². The lowest BCUT2D eigenvalue weighted by molar-refractivity contribution is 0.475. The molecule has 41 heavy (non-hydrogen) atoms. The summed E-state index contributed by atoms with van der Waals surface area (Å²) in [4.78, 5) is 0. The van der Waals surface area contributed by atoms with Crippen LogP contribution in [0.2, 0.25) is 0 Å². The smallest absolute Gasteiger partial charge is 0.269 e. The molecule has 0 fully saturated rings. The van der Waals surface area contributed by atoms with Crippen molar-refractivity contribution in [2.24, 2.45) is 0 Å². The normalized spacial score (nSPS) is 11.8. The molecule has 0 heterocycles. The van der Waals surface area contributed by atoms with Crippen LogP contribution >= 0.6 is 0 Å². The first kappa shape index (κ1) is 38.0. The zero-order chi connectivity index (χ0) is 29.9. The lowest BCUT2D eigenvalue weighted by atomic mass is 10.0. The van der Waals surface area contributed by atoms with E-state index in [1.54, 1.807) is 0 Å². The molecular weight excluding hydrogens is 526 g/mol. The van der Waals surface area contributed by atoms with Gasteiger partial charge < -0.3 is 0 Å². The van der Waals surface area contributed by atoms with Gasteiger partial charge in [0, 0.05) is 6.54 Å². The van der Waals surface area contributed by atoms with Gasteiger partial charge in [-0.1, -0.05) is 186 Å². The van der Waals surface area contributed by atoms with E-state index < -0.39 is 10.3 Å². The van der Waals surface area contributed by atoms with Crippen LogP contribution in [0.4, 0.5) is 5.69 Å². The predicted molar refractivity (Wildman–Crippen MR) is 180 cm³/mol. The fourth-order valence-corrected chi connectivity index (χ4v) is 6.72. The summed E-state index contributed by atoms with van der Waals surface area (Å²) in [5.41, 5.74) is 1.69. The van der Waals surface area contributed by atoms with Crippen LogP contribution < -0.4 is 4.31 Å². The number of hydrogen-bond donors (Lipinski definition) is 1. The molecule has 0 atom stereocenters. The molecule has 1 aromatic carbocycles. The molecule has 0 aliphatic rings. The van der Waals surface area contributed by atoms with E-state index in [0.717, 1.165) is 37.7 Å². The number of unbranched alkanes of at least 4 members (excludes halogenated alkanes) is 24. The summed E-state index contributed by atoms with van der Waals surface area (Å²) in [6, 6.07) is 7.74. The number of nitrogens with zero attached hydrogens (tertiary/aromatic N) is 1. The number of hydrogen-bond acceptors (Lipinski definition) is 2. The molecule has 0 saturated heterocycles. The molecule has 1 aromatic rings. The minimum atomic E-state index is -4.28. The van der Waals surface area contributed by atoms with Gasteiger partial charge in [0.05, 0.1) is 5.69 Å². The summed E-state index contributed by atoms with van der Waals surface area (Å²) in [6.07, 6.45) is 34.3. The predicted octanol–water partition coefficient (Wildman–Crippen LogP) is 12.0. The van der Waals surface area contributed by atoms with Crippen LogP contribution in [0.15, 0.2) is 24.3 Å². The van der Waals surface area contributed by atoms with Gasteiger partial charge in [-0.05, 0) is 30.9 Å². The third kappa shape index (κ3) is 21.3. The Morgan fingerprint density at radius 1 is 0.512 bits per heavy atom. The SMILES string of the molecule is CCCCCCCCCCCCCCCc1ccccc1N(CCCCCCCCCCCCCCC)S(=O)(=O)O. The third-order valence-corrected chi connectivity index (χ3v) is 9.49. The van der Waals surface area contributed by atoms with Gasteiger partial charge in [-0.2, -0.15) is 8.42 Å². The molecular formula is C36H67NO3S. The first-order chi connectivity index (χ1) is 20.0. The van der Waals surface area contributed by atoms with Crippen LogP contribution in [0.25, 0.3) is 0 Å². The monoisotopic (exact) mass is 593 g/mol. The van der Waals surface area contributed by atoms with Crippen molar-refractivity contribution in [1.29, 1.82) is 0 Å². The van der Waals surface area contributed by atoms with Gasteiger partial charge in [-0.25, -0.2) is 4.31 Å². The van der Waals surface area contributed by atoms with Crippen molar-refractivity contribution in [3.05, 3.63) is 29.8 Å². The van der Waals surface area contributed by atoms with E-state index in [2.05, 4.69) is 13.8 Å². The molecule has 4 nitrogen and oxygen atoms in total. The van der Waals surface area contributed by atoms with Crippen LogP contribution in [0.3, 0.4) is 0 Å². The van der Waals surface area contributed by atoms with E-state index in [0.29, 0.717) is 12.2 Å². The number of anilines is 1. The Morgan fingerprint density at radius 2 is 0.854 bits per heavy atom. The molecule has 0 spiro atoms. The maximum absolute atomic E-state index is 12.3. The number of benzene rings is 1. The van der Waals surface area contributed by atoms with Gasteiger partial charge in [-0.3, -0.25) is 4.55 Å². The molecule has 0 aliphatic carbocycles. The maximum Gasteiger partial charge on any atom is 0.359 e. The van der Waals surface area contributed by atoms with Crippen molar-refractivity contribution in [3.8, 4) is 0 Å². The lowest BCUT2D eigenvalue weighted by Gasteiger charge is -2.23. The maximum atomic E-state index is 12.3. The number of rotatable bonds is 30. The van der Waals surface area contributed by atoms with E-state index in [1.165, 1.54) is 146 Å². The first-order valence-electron chi connectivity index (χ1n) is 17.8. The summed E-state index contributed by atoms with van der Waals surface area (Å²) in [6.45, 7) is 4.89. The Kier molecular flexibility index (Phi) is 24.6. The second-order valence-corrected chi connectivity index (χ2v) is 13.8. The number of para-hydroxylation sites is 1. The van der Waals surface area contributed by atoms with Crippen molar-refractivity contribution in [2.75, 3.05) is 10.8 Å². The summed E-state index contributed by atoms with van der Waals surface area (Å²) in [7, 11) is -4.28. The third-order valence-electron chi connectivity index (χ3n) is 8.55. The Hall–Kier alpha value is -1.07. The molecule has 1 rings (SSSR count). The standard InChI is InChI=1S/C36H67NO3S/c1-3-5-7-9-11-13-15-17-19-21-23-25-27-31-35-32-28-29-33-36(35)37(41(38,39)40)34-30-26-24-22-20-18-16-14-12-10-8-6-4-2/h28-29,32-33H,3-27,30-31,34H2,1-2H3,(H,38,39,40). The van der Waals surface area contributed by atoms with Crippen molar-refractivity contribution < 1.29 is 13.0 Å². The highest BCUT2D eigenvalue weighted by atomic mass is 32.2. The highest BCUT2D eigenvalue weighted by molar-refractivity contribution is 7.87. The van der Waals surface area contributed by atoms with Crippen molar-refractivity contribution in [2.45, 2.75) is 187 Å². The Balaban J connectivity index is 2.24. The van der Waals surface area contributed by atoms with Crippen LogP contribution in [0.5, 0.6) is 0 Å². The zero-order valence-corrected chi connectivity index (χ0v) is 28.0. The minimum absolute atomic E-state index is 0.353. The molecule has 5 heteroatoms.